The van der Waals surface area contributed by atoms with E-state index < -0.39 is 29.4 Å². The van der Waals surface area contributed by atoms with Gasteiger partial charge in [0.15, 0.2) is 5.82 Å². The van der Waals surface area contributed by atoms with E-state index in [-0.39, 0.29) is 52.5 Å². The van der Waals surface area contributed by atoms with E-state index in [1.165, 1.54) is 18.2 Å². The lowest BCUT2D eigenvalue weighted by atomic mass is 9.91. The molecule has 45 heavy (non-hydrogen) atoms. The van der Waals surface area contributed by atoms with Gasteiger partial charge in [0.2, 0.25) is 0 Å². The number of anilines is 1. The molecule has 4 saturated heterocycles. The number of phenols is 1. The summed E-state index contributed by atoms with van der Waals surface area (Å²) in [7, 11) is 0. The molecule has 0 radical (unpaired) electrons. The van der Waals surface area contributed by atoms with Gasteiger partial charge in [-0.2, -0.15) is 9.97 Å². The summed E-state index contributed by atoms with van der Waals surface area (Å²) < 4.78 is 53.8. The van der Waals surface area contributed by atoms with Crippen molar-refractivity contribution in [2.45, 2.75) is 68.9 Å². The molecular formula is C34H36F3N5O3. The molecule has 5 heterocycles. The summed E-state index contributed by atoms with van der Waals surface area (Å²) >= 11 is 0. The number of halogens is 3. The largest absolute Gasteiger partial charge is 0.508 e. The van der Waals surface area contributed by atoms with Crippen LogP contribution >= 0.6 is 0 Å². The number of aliphatic hydroxyl groups excluding tert-OH is 1. The van der Waals surface area contributed by atoms with Crippen LogP contribution < -0.4 is 15.0 Å². The molecule has 3 N–H and O–H groups in total. The predicted molar refractivity (Wildman–Crippen MR) is 165 cm³/mol. The first kappa shape index (κ1) is 28.8. The Morgan fingerprint density at radius 3 is 2.69 bits per heavy atom. The summed E-state index contributed by atoms with van der Waals surface area (Å²) in [6.07, 6.45) is 2.30. The Labute approximate surface area is 258 Å². The lowest BCUT2D eigenvalue weighted by molar-refractivity contribution is 0.107. The smallest absolute Gasteiger partial charge is 0.319 e. The average molecular weight is 620 g/mol. The molecule has 0 amide bonds. The van der Waals surface area contributed by atoms with Crippen LogP contribution in [0.3, 0.4) is 0 Å². The van der Waals surface area contributed by atoms with Crippen LogP contribution in [-0.4, -0.2) is 81.7 Å². The lowest BCUT2D eigenvalue weighted by Gasteiger charge is -2.34. The molecule has 4 aliphatic rings. The van der Waals surface area contributed by atoms with E-state index in [0.29, 0.717) is 48.2 Å². The number of aliphatic hydroxyl groups is 1. The molecule has 8 nitrogen and oxygen atoms in total. The molecule has 4 fully saturated rings. The van der Waals surface area contributed by atoms with Crippen LogP contribution in [0.4, 0.5) is 19.0 Å². The van der Waals surface area contributed by atoms with Crippen molar-refractivity contribution in [3.63, 3.8) is 0 Å². The van der Waals surface area contributed by atoms with Crippen molar-refractivity contribution in [3.8, 4) is 22.9 Å². The fourth-order valence-electron chi connectivity index (χ4n) is 8.32. The van der Waals surface area contributed by atoms with Gasteiger partial charge in [0.1, 0.15) is 35.7 Å². The number of nitrogens with zero attached hydrogens (tertiary/aromatic N) is 4. The van der Waals surface area contributed by atoms with E-state index in [0.717, 1.165) is 32.2 Å². The van der Waals surface area contributed by atoms with E-state index >= 15 is 8.78 Å². The van der Waals surface area contributed by atoms with Crippen molar-refractivity contribution in [2.24, 2.45) is 0 Å². The molecule has 0 aliphatic carbocycles. The zero-order chi connectivity index (χ0) is 31.0. The van der Waals surface area contributed by atoms with Crippen LogP contribution in [0.25, 0.3) is 32.8 Å². The van der Waals surface area contributed by atoms with Gasteiger partial charge in [-0.15, -0.1) is 0 Å². The van der Waals surface area contributed by atoms with E-state index in [1.54, 1.807) is 25.1 Å². The molecule has 11 heteroatoms. The quantitative estimate of drug-likeness (QED) is 0.265. The Bertz CT molecular complexity index is 1810. The molecule has 2 bridgehead atoms. The lowest BCUT2D eigenvalue weighted by Crippen LogP contribution is -2.51. The van der Waals surface area contributed by atoms with Crippen LogP contribution in [-0.2, 0) is 0 Å². The van der Waals surface area contributed by atoms with E-state index in [1.807, 2.05) is 0 Å². The second-order valence-electron chi connectivity index (χ2n) is 13.3. The minimum Gasteiger partial charge on any atom is -0.508 e. The van der Waals surface area contributed by atoms with Gasteiger partial charge in [0.05, 0.1) is 17.2 Å². The Kier molecular flexibility index (Phi) is 6.85. The molecule has 236 valence electrons. The summed E-state index contributed by atoms with van der Waals surface area (Å²) in [6, 6.07) is 9.69. The first-order valence-electron chi connectivity index (χ1n) is 15.9. The molecule has 0 spiro atoms. The molecule has 5 atom stereocenters. The topological polar surface area (TPSA) is 94.0 Å². The van der Waals surface area contributed by atoms with Crippen molar-refractivity contribution < 1.29 is 28.1 Å². The molecule has 4 aromatic rings. The van der Waals surface area contributed by atoms with Crippen molar-refractivity contribution >= 4 is 27.5 Å². The van der Waals surface area contributed by atoms with Crippen LogP contribution in [0.1, 0.15) is 50.7 Å². The number of aromatic hydroxyl groups is 1. The molecule has 0 saturated carbocycles. The Morgan fingerprint density at radius 2 is 1.91 bits per heavy atom. The van der Waals surface area contributed by atoms with Crippen molar-refractivity contribution in [3.05, 3.63) is 53.6 Å². The van der Waals surface area contributed by atoms with E-state index in [2.05, 4.69) is 20.1 Å². The number of ether oxygens (including phenoxy) is 1. The highest BCUT2D eigenvalue weighted by atomic mass is 19.1. The number of benzene rings is 3. The third kappa shape index (κ3) is 4.78. The van der Waals surface area contributed by atoms with Gasteiger partial charge < -0.3 is 25.2 Å². The fourth-order valence-corrected chi connectivity index (χ4v) is 8.32. The van der Waals surface area contributed by atoms with Gasteiger partial charge in [-0.1, -0.05) is 18.2 Å². The van der Waals surface area contributed by atoms with Crippen molar-refractivity contribution in [2.75, 3.05) is 37.7 Å². The van der Waals surface area contributed by atoms with Gasteiger partial charge >= 0.3 is 6.01 Å². The average Bonchev–Trinajstić information content (AvgIpc) is 3.65. The van der Waals surface area contributed by atoms with Gasteiger partial charge in [0.25, 0.3) is 0 Å². The Balaban J connectivity index is 1.30. The Hall–Kier alpha value is -3.67. The maximum atomic E-state index is 16.9. The maximum absolute atomic E-state index is 16.9. The number of piperazine rings is 1. The van der Waals surface area contributed by atoms with E-state index in [4.69, 9.17) is 9.72 Å². The minimum absolute atomic E-state index is 0.0335. The molecule has 8 rings (SSSR count). The summed E-state index contributed by atoms with van der Waals surface area (Å²) in [5.74, 6) is -1.50. The number of hydrogen-bond acceptors (Lipinski definition) is 8. The van der Waals surface area contributed by atoms with Crippen LogP contribution in [0, 0.1) is 11.6 Å². The monoisotopic (exact) mass is 619 g/mol. The van der Waals surface area contributed by atoms with Gasteiger partial charge in [-0.05, 0) is 79.3 Å². The number of nitrogens with one attached hydrogen (secondary N) is 1. The third-order valence-electron chi connectivity index (χ3n) is 10.3. The summed E-state index contributed by atoms with van der Waals surface area (Å²) in [5.41, 5.74) is -0.311. The van der Waals surface area contributed by atoms with Crippen molar-refractivity contribution in [1.29, 1.82) is 0 Å². The number of aromatic nitrogens is 2. The van der Waals surface area contributed by atoms with Crippen LogP contribution in [0.15, 0.2) is 36.4 Å². The zero-order valence-corrected chi connectivity index (χ0v) is 25.1. The molecule has 3 unspecified atom stereocenters. The van der Waals surface area contributed by atoms with Crippen LogP contribution in [0.5, 0.6) is 11.8 Å². The Morgan fingerprint density at radius 1 is 1.11 bits per heavy atom. The van der Waals surface area contributed by atoms with Gasteiger partial charge in [-0.25, -0.2) is 13.2 Å². The number of phenolic OH excluding ortho intramolecular Hbond substituents is 1. The van der Waals surface area contributed by atoms with Crippen molar-refractivity contribution in [1.82, 2.24) is 20.2 Å². The standard InChI is InChI=1S/C34H36F3N5O3/c1-18(43)24-5-2-4-19-10-23(44)11-25(28(19)24)29-27(36)12-26-31(30(29)37)39-33(40-32(26)41-15-21-6-7-22(16-41)38-21)45-17-34-8-3-9-42(34)14-20(35)13-34/h2,4-5,10-12,18,20-22,38,43-44H,3,6-9,13-17H2,1H3/t18?,20-,21?,22?,34+/m1/s1. The van der Waals surface area contributed by atoms with E-state index in [9.17, 15) is 14.6 Å². The van der Waals surface area contributed by atoms with Crippen LogP contribution in [0.2, 0.25) is 0 Å². The first-order chi connectivity index (χ1) is 21.7. The second-order valence-corrected chi connectivity index (χ2v) is 13.3. The summed E-state index contributed by atoms with van der Waals surface area (Å²) in [6.45, 7) is 4.20. The molecular weight excluding hydrogens is 583 g/mol. The summed E-state index contributed by atoms with van der Waals surface area (Å²) in [5, 5.41) is 25.9. The zero-order valence-electron chi connectivity index (χ0n) is 25.1. The second kappa shape index (κ2) is 10.7. The highest BCUT2D eigenvalue weighted by molar-refractivity contribution is 6.03. The molecule has 1 aromatic heterocycles. The number of hydrogen-bond donors (Lipinski definition) is 3. The normalized spacial score (nSPS) is 27.0. The predicted octanol–water partition coefficient (Wildman–Crippen LogP) is 5.38. The number of rotatable bonds is 6. The fraction of sp³-hybridized carbons (Fsp3) is 0.471. The third-order valence-corrected chi connectivity index (χ3v) is 10.3. The minimum atomic E-state index is -0.926. The maximum Gasteiger partial charge on any atom is 0.319 e. The van der Waals surface area contributed by atoms with Gasteiger partial charge in [-0.3, -0.25) is 4.90 Å². The highest BCUT2D eigenvalue weighted by Crippen LogP contribution is 2.44. The first-order valence-corrected chi connectivity index (χ1v) is 15.9. The highest BCUT2D eigenvalue weighted by Gasteiger charge is 2.49. The number of alkyl halides is 1. The SMILES string of the molecule is CC(O)c1cccc2cc(O)cc(-c3c(F)cc4c(N5CC6CCC(C5)N6)nc(OC[C@@]56CCCN5C[C@H](F)C6)nc4c3F)c12. The number of fused-ring (bicyclic) bond motifs is 5. The summed E-state index contributed by atoms with van der Waals surface area (Å²) in [4.78, 5) is 13.5. The molecule has 4 aliphatic heterocycles. The van der Waals surface area contributed by atoms with Gasteiger partial charge in [0, 0.05) is 43.5 Å². The molecule has 3 aromatic carbocycles.